The average Bonchev–Trinajstić information content (AvgIpc) is 3.06. The number of benzene rings is 1. The third-order valence-corrected chi connectivity index (χ3v) is 8.27. The third-order valence-electron chi connectivity index (χ3n) is 5.75. The fourth-order valence-corrected chi connectivity index (χ4v) is 6.22. The smallest absolute Gasteiger partial charge is 0.330 e. The number of ether oxygens (including phenoxy) is 3. The van der Waals surface area contributed by atoms with Crippen LogP contribution in [-0.2, 0) is 25.8 Å². The van der Waals surface area contributed by atoms with Crippen molar-refractivity contribution in [2.24, 2.45) is 0 Å². The summed E-state index contributed by atoms with van der Waals surface area (Å²) in [5.41, 5.74) is -3.36. The van der Waals surface area contributed by atoms with Crippen LogP contribution < -0.4 is 25.6 Å². The number of hydrogen-bond acceptors (Lipinski definition) is 11. The maximum Gasteiger partial charge on any atom is 0.330 e. The van der Waals surface area contributed by atoms with Crippen LogP contribution in [0.5, 0.6) is 11.5 Å². The van der Waals surface area contributed by atoms with Gasteiger partial charge in [-0.05, 0) is 63.8 Å². The number of aliphatic hydroxyl groups excluding tert-OH is 2. The van der Waals surface area contributed by atoms with E-state index in [4.69, 9.17) is 35.1 Å². The molecule has 0 bridgehead atoms. The van der Waals surface area contributed by atoms with Crippen LogP contribution in [0.4, 0.5) is 0 Å². The minimum Gasteiger partial charge on any atom is -0.497 e. The van der Waals surface area contributed by atoms with E-state index in [2.05, 4.69) is 10.1 Å². The van der Waals surface area contributed by atoms with Crippen LogP contribution in [0.15, 0.2) is 46.1 Å². The lowest BCUT2D eigenvalue weighted by Crippen LogP contribution is -2.47. The largest absolute Gasteiger partial charge is 0.497 e. The molecule has 38 heavy (non-hydrogen) atoms. The Morgan fingerprint density at radius 3 is 2.42 bits per heavy atom. The summed E-state index contributed by atoms with van der Waals surface area (Å²) in [6.45, 7) is 2.69. The van der Waals surface area contributed by atoms with Gasteiger partial charge < -0.3 is 38.6 Å². The van der Waals surface area contributed by atoms with Gasteiger partial charge in [-0.2, -0.15) is 0 Å². The molecule has 3 rings (SSSR count). The van der Waals surface area contributed by atoms with E-state index >= 15 is 0 Å². The average molecular weight is 576 g/mol. The van der Waals surface area contributed by atoms with Gasteiger partial charge in [-0.25, -0.2) is 9.88 Å². The van der Waals surface area contributed by atoms with Crippen molar-refractivity contribution in [2.45, 2.75) is 70.2 Å². The summed E-state index contributed by atoms with van der Waals surface area (Å²) in [5, 5.41) is 35.1. The number of nitrogens with zero attached hydrogens (tertiary/aromatic N) is 1. The molecule has 1 saturated heterocycles. The molecule has 0 saturated carbocycles. The topological polar surface area (TPSA) is 174 Å². The SMILES string of the molecule is COc1ccc(OP(=S)(NC(C)C(O)OC(C)C)OC[C@H]2O[C@@H](n3ccc(=O)[nH]c3=O)[C@](C)(O)[C@@H]2O)cc1. The van der Waals surface area contributed by atoms with Crippen LogP contribution in [0, 0.1) is 0 Å². The minimum absolute atomic E-state index is 0.256. The van der Waals surface area contributed by atoms with Gasteiger partial charge in [-0.1, -0.05) is 0 Å². The molecule has 2 aromatic rings. The van der Waals surface area contributed by atoms with E-state index in [0.29, 0.717) is 11.5 Å². The molecular formula is C23H34N3O10PS. The number of aliphatic hydroxyl groups is 3. The maximum absolute atomic E-state index is 12.3. The predicted molar refractivity (Wildman–Crippen MR) is 141 cm³/mol. The Hall–Kier alpha value is -2.13. The molecule has 13 nitrogen and oxygen atoms in total. The Balaban J connectivity index is 1.81. The van der Waals surface area contributed by atoms with Crippen molar-refractivity contribution in [3.05, 3.63) is 57.4 Å². The zero-order valence-electron chi connectivity index (χ0n) is 21.6. The highest BCUT2D eigenvalue weighted by Gasteiger charge is 2.53. The van der Waals surface area contributed by atoms with Gasteiger partial charge in [0.1, 0.15) is 29.3 Å². The van der Waals surface area contributed by atoms with Crippen LogP contribution in [0.1, 0.15) is 33.9 Å². The molecule has 7 atom stereocenters. The molecule has 3 unspecified atom stereocenters. The van der Waals surface area contributed by atoms with Gasteiger partial charge in [0, 0.05) is 12.3 Å². The molecule has 1 aliphatic heterocycles. The Labute approximate surface area is 224 Å². The normalized spacial score (nSPS) is 26.6. The Morgan fingerprint density at radius 1 is 1.21 bits per heavy atom. The van der Waals surface area contributed by atoms with E-state index in [-0.39, 0.29) is 12.7 Å². The molecule has 5 N–H and O–H groups in total. The van der Waals surface area contributed by atoms with Gasteiger partial charge in [-0.3, -0.25) is 14.3 Å². The second-order valence-electron chi connectivity index (χ2n) is 9.27. The molecule has 1 aliphatic rings. The van der Waals surface area contributed by atoms with E-state index in [9.17, 15) is 24.9 Å². The third kappa shape index (κ3) is 7.29. The first kappa shape index (κ1) is 30.4. The number of aromatic amines is 1. The lowest BCUT2D eigenvalue weighted by Gasteiger charge is -2.30. The Morgan fingerprint density at radius 2 is 1.84 bits per heavy atom. The quantitative estimate of drug-likeness (QED) is 0.176. The van der Waals surface area contributed by atoms with Crippen molar-refractivity contribution in [3.63, 3.8) is 0 Å². The molecule has 0 radical (unpaired) electrons. The summed E-state index contributed by atoms with van der Waals surface area (Å²) < 4.78 is 29.3. The van der Waals surface area contributed by atoms with Crippen molar-refractivity contribution in [2.75, 3.05) is 13.7 Å². The first-order valence-corrected chi connectivity index (χ1v) is 14.5. The summed E-state index contributed by atoms with van der Waals surface area (Å²) >= 11 is 5.71. The molecule has 0 aliphatic carbocycles. The number of hydrogen-bond donors (Lipinski definition) is 5. The van der Waals surface area contributed by atoms with Crippen LogP contribution >= 0.6 is 6.64 Å². The molecule has 0 amide bonds. The standard InChI is InChI=1S/C23H34N3O10PS/c1-13(2)34-20(29)14(3)25-37(38,36-16-8-6-15(32-5)7-9-16)33-12-17-19(28)23(4,31)21(35-17)26-11-10-18(27)24-22(26)30/h6-11,13-14,17,19-21,28-29,31H,12H2,1-5H3,(H,25,38)(H,24,27,30)/t14?,17-,19-,20?,21-,23-,37?/m1/s1. The van der Waals surface area contributed by atoms with Crippen LogP contribution in [0.3, 0.4) is 0 Å². The molecule has 212 valence electrons. The summed E-state index contributed by atoms with van der Waals surface area (Å²) in [7, 11) is 1.53. The fraction of sp³-hybridized carbons (Fsp3) is 0.565. The Kier molecular flexibility index (Phi) is 9.90. The van der Waals surface area contributed by atoms with Gasteiger partial charge in [0.15, 0.2) is 12.5 Å². The van der Waals surface area contributed by atoms with Crippen molar-refractivity contribution in [3.8, 4) is 11.5 Å². The van der Waals surface area contributed by atoms with Gasteiger partial charge in [-0.15, -0.1) is 0 Å². The van der Waals surface area contributed by atoms with Crippen molar-refractivity contribution >= 4 is 18.4 Å². The summed E-state index contributed by atoms with van der Waals surface area (Å²) in [6, 6.07) is 6.97. The number of methoxy groups -OCH3 is 1. The second-order valence-corrected chi connectivity index (χ2v) is 12.4. The van der Waals surface area contributed by atoms with Crippen LogP contribution in [0.2, 0.25) is 0 Å². The lowest BCUT2D eigenvalue weighted by atomic mass is 9.96. The second kappa shape index (κ2) is 12.4. The lowest BCUT2D eigenvalue weighted by molar-refractivity contribution is -0.137. The number of rotatable bonds is 12. The molecule has 15 heteroatoms. The predicted octanol–water partition coefficient (Wildman–Crippen LogP) is 0.596. The number of H-pyrrole nitrogens is 1. The molecule has 2 heterocycles. The van der Waals surface area contributed by atoms with Crippen molar-refractivity contribution < 1.29 is 38.6 Å². The number of aromatic nitrogens is 2. The van der Waals surface area contributed by atoms with Gasteiger partial charge in [0.25, 0.3) is 5.56 Å². The molecule has 1 aromatic carbocycles. The zero-order chi connectivity index (χ0) is 28.3. The van der Waals surface area contributed by atoms with E-state index in [1.165, 1.54) is 14.0 Å². The zero-order valence-corrected chi connectivity index (χ0v) is 23.3. The van der Waals surface area contributed by atoms with Crippen LogP contribution in [0.25, 0.3) is 0 Å². The highest BCUT2D eigenvalue weighted by atomic mass is 32.5. The highest BCUT2D eigenvalue weighted by Crippen LogP contribution is 2.47. The monoisotopic (exact) mass is 575 g/mol. The van der Waals surface area contributed by atoms with Crippen LogP contribution in [-0.4, -0.2) is 74.8 Å². The first-order chi connectivity index (χ1) is 17.8. The van der Waals surface area contributed by atoms with E-state index in [1.54, 1.807) is 45.0 Å². The number of nitrogens with one attached hydrogen (secondary N) is 2. The van der Waals surface area contributed by atoms with Gasteiger partial charge in [0.2, 0.25) is 0 Å². The fourth-order valence-electron chi connectivity index (χ4n) is 3.74. The summed E-state index contributed by atoms with van der Waals surface area (Å²) in [6.07, 6.45) is -4.29. The maximum atomic E-state index is 12.3. The van der Waals surface area contributed by atoms with Gasteiger partial charge in [0.05, 0.1) is 25.9 Å². The van der Waals surface area contributed by atoms with E-state index in [1.807, 2.05) is 0 Å². The Bertz CT molecular complexity index is 1230. The minimum atomic E-state index is -3.43. The first-order valence-electron chi connectivity index (χ1n) is 11.8. The molecule has 1 fully saturated rings. The summed E-state index contributed by atoms with van der Waals surface area (Å²) in [4.78, 5) is 25.8. The molecule has 0 spiro atoms. The van der Waals surface area contributed by atoms with Gasteiger partial charge >= 0.3 is 12.3 Å². The summed E-state index contributed by atoms with van der Waals surface area (Å²) in [5.74, 6) is 0.951. The molecule has 1 aromatic heterocycles. The van der Waals surface area contributed by atoms with Crippen molar-refractivity contribution in [1.29, 1.82) is 0 Å². The van der Waals surface area contributed by atoms with Crippen molar-refractivity contribution in [1.82, 2.24) is 14.6 Å². The molecular weight excluding hydrogens is 541 g/mol. The highest BCUT2D eigenvalue weighted by molar-refractivity contribution is 8.09. The van der Waals surface area contributed by atoms with E-state index < -0.39 is 54.3 Å². The van der Waals surface area contributed by atoms with E-state index in [0.717, 1.165) is 16.8 Å².